The Bertz CT molecular complexity index is 1000. The van der Waals surface area contributed by atoms with E-state index in [4.69, 9.17) is 5.26 Å². The van der Waals surface area contributed by atoms with Crippen LogP contribution in [0.15, 0.2) is 30.3 Å². The summed E-state index contributed by atoms with van der Waals surface area (Å²) in [5, 5.41) is 13.7. The van der Waals surface area contributed by atoms with Gasteiger partial charge in [-0.1, -0.05) is 6.07 Å². The Morgan fingerprint density at radius 1 is 1.29 bits per heavy atom. The molecule has 144 valence electrons. The third kappa shape index (κ3) is 3.76. The summed E-state index contributed by atoms with van der Waals surface area (Å²) in [5.41, 5.74) is 0.416. The molecule has 3 amide bonds. The van der Waals surface area contributed by atoms with Gasteiger partial charge in [-0.15, -0.1) is 0 Å². The van der Waals surface area contributed by atoms with Crippen molar-refractivity contribution < 1.29 is 22.8 Å². The number of hydrogen-bond donors (Lipinski definition) is 2. The number of halogens is 3. The van der Waals surface area contributed by atoms with E-state index < -0.39 is 42.0 Å². The minimum atomic E-state index is -1.09. The minimum absolute atomic E-state index is 0.0569. The van der Waals surface area contributed by atoms with Crippen LogP contribution in [0.5, 0.6) is 0 Å². The summed E-state index contributed by atoms with van der Waals surface area (Å²) in [5.74, 6) is -3.39. The number of anilines is 1. The molecule has 1 aliphatic rings. The third-order valence-corrected chi connectivity index (χ3v) is 4.38. The van der Waals surface area contributed by atoms with E-state index in [0.717, 1.165) is 17.0 Å². The monoisotopic (exact) mass is 388 g/mol. The number of benzene rings is 2. The third-order valence-electron chi connectivity index (χ3n) is 4.38. The first kappa shape index (κ1) is 19.2. The number of amides is 3. The lowest BCUT2D eigenvalue weighted by molar-refractivity contribution is -0.122. The zero-order chi connectivity index (χ0) is 20.4. The van der Waals surface area contributed by atoms with Gasteiger partial charge in [0.25, 0.3) is 0 Å². The number of rotatable bonds is 4. The summed E-state index contributed by atoms with van der Waals surface area (Å²) >= 11 is 0. The highest BCUT2D eigenvalue weighted by atomic mass is 19.2. The van der Waals surface area contributed by atoms with Crippen LogP contribution in [-0.4, -0.2) is 23.4 Å². The van der Waals surface area contributed by atoms with Crippen LogP contribution in [0, 0.1) is 28.8 Å². The molecule has 1 aliphatic heterocycles. The molecule has 9 heteroatoms. The summed E-state index contributed by atoms with van der Waals surface area (Å²) in [7, 11) is 0. The van der Waals surface area contributed by atoms with Gasteiger partial charge in [-0.05, 0) is 31.2 Å². The first-order chi connectivity index (χ1) is 13.3. The molecule has 0 spiro atoms. The highest BCUT2D eigenvalue weighted by molar-refractivity contribution is 5.94. The van der Waals surface area contributed by atoms with E-state index in [0.29, 0.717) is 0 Å². The second-order valence-corrected chi connectivity index (χ2v) is 6.31. The number of carbonyl (C=O) groups excluding carboxylic acids is 2. The van der Waals surface area contributed by atoms with Gasteiger partial charge in [-0.3, -0.25) is 4.79 Å². The van der Waals surface area contributed by atoms with Gasteiger partial charge in [0.1, 0.15) is 12.4 Å². The van der Waals surface area contributed by atoms with Gasteiger partial charge in [0.2, 0.25) is 5.91 Å². The molecule has 0 aliphatic carbocycles. The number of nitriles is 1. The van der Waals surface area contributed by atoms with E-state index >= 15 is 0 Å². The molecule has 0 saturated carbocycles. The second-order valence-electron chi connectivity index (χ2n) is 6.31. The minimum Gasteiger partial charge on any atom is -0.348 e. The van der Waals surface area contributed by atoms with Crippen molar-refractivity contribution in [1.29, 1.82) is 5.26 Å². The lowest BCUT2D eigenvalue weighted by atomic mass is 10.1. The van der Waals surface area contributed by atoms with E-state index in [2.05, 4.69) is 10.6 Å². The maximum atomic E-state index is 14.1. The molecular formula is C19H15F3N4O2. The maximum absolute atomic E-state index is 14.1. The highest BCUT2D eigenvalue weighted by Gasteiger charge is 2.28. The Labute approximate surface area is 158 Å². The number of urea groups is 1. The predicted molar refractivity (Wildman–Crippen MR) is 93.5 cm³/mol. The summed E-state index contributed by atoms with van der Waals surface area (Å²) < 4.78 is 41.4. The Kier molecular flexibility index (Phi) is 5.22. The second kappa shape index (κ2) is 7.60. The smallest absolute Gasteiger partial charge is 0.322 e. The quantitative estimate of drug-likeness (QED) is 0.844. The molecule has 2 N–H and O–H groups in total. The SMILES string of the molecule is C[C@H](NC(=O)CN1Cc2c(ccc(F)c2F)NC1=O)c1ccc(C#N)cc1F. The molecule has 2 aromatic carbocycles. The van der Waals surface area contributed by atoms with Crippen LogP contribution < -0.4 is 10.6 Å². The number of hydrogen-bond acceptors (Lipinski definition) is 3. The topological polar surface area (TPSA) is 85.2 Å². The summed E-state index contributed by atoms with van der Waals surface area (Å²) in [6.45, 7) is 0.838. The normalized spacial score (nSPS) is 14.0. The molecule has 0 unspecified atom stereocenters. The lowest BCUT2D eigenvalue weighted by Gasteiger charge is -2.29. The van der Waals surface area contributed by atoms with Gasteiger partial charge in [0.15, 0.2) is 11.6 Å². The van der Waals surface area contributed by atoms with Crippen molar-refractivity contribution in [3.05, 3.63) is 64.5 Å². The van der Waals surface area contributed by atoms with Crippen molar-refractivity contribution in [3.8, 4) is 6.07 Å². The largest absolute Gasteiger partial charge is 0.348 e. The molecular weight excluding hydrogens is 373 g/mol. The Balaban J connectivity index is 1.68. The summed E-state index contributed by atoms with van der Waals surface area (Å²) in [4.78, 5) is 25.4. The zero-order valence-electron chi connectivity index (χ0n) is 14.7. The fourth-order valence-corrected chi connectivity index (χ4v) is 2.94. The average molecular weight is 388 g/mol. The molecule has 0 radical (unpaired) electrons. The van der Waals surface area contributed by atoms with E-state index in [9.17, 15) is 22.8 Å². The fraction of sp³-hybridized carbons (Fsp3) is 0.211. The molecule has 0 fully saturated rings. The highest BCUT2D eigenvalue weighted by Crippen LogP contribution is 2.27. The first-order valence-electron chi connectivity index (χ1n) is 8.32. The molecule has 0 aromatic heterocycles. The van der Waals surface area contributed by atoms with Gasteiger partial charge in [-0.2, -0.15) is 5.26 Å². The number of fused-ring (bicyclic) bond motifs is 1. The predicted octanol–water partition coefficient (Wildman–Crippen LogP) is 3.20. The van der Waals surface area contributed by atoms with Crippen LogP contribution in [0.1, 0.15) is 29.7 Å². The van der Waals surface area contributed by atoms with E-state index in [1.807, 2.05) is 6.07 Å². The average Bonchev–Trinajstić information content (AvgIpc) is 2.65. The van der Waals surface area contributed by atoms with Crippen LogP contribution in [0.25, 0.3) is 0 Å². The molecule has 0 saturated heterocycles. The van der Waals surface area contributed by atoms with Crippen molar-refractivity contribution >= 4 is 17.6 Å². The summed E-state index contributed by atoms with van der Waals surface area (Å²) in [6, 6.07) is 6.48. The number of carbonyl (C=O) groups is 2. The van der Waals surface area contributed by atoms with Crippen molar-refractivity contribution in [1.82, 2.24) is 10.2 Å². The van der Waals surface area contributed by atoms with Crippen molar-refractivity contribution in [2.24, 2.45) is 0 Å². The molecule has 3 rings (SSSR count). The molecule has 1 atom stereocenters. The van der Waals surface area contributed by atoms with Crippen molar-refractivity contribution in [2.45, 2.75) is 19.5 Å². The van der Waals surface area contributed by atoms with Crippen LogP contribution in [0.4, 0.5) is 23.7 Å². The molecule has 6 nitrogen and oxygen atoms in total. The zero-order valence-corrected chi connectivity index (χ0v) is 14.7. The summed E-state index contributed by atoms with van der Waals surface area (Å²) in [6.07, 6.45) is 0. The molecule has 1 heterocycles. The van der Waals surface area contributed by atoms with Gasteiger partial charge in [0.05, 0.1) is 29.9 Å². The Morgan fingerprint density at radius 2 is 2.04 bits per heavy atom. The number of nitrogens with zero attached hydrogens (tertiary/aromatic N) is 2. The van der Waals surface area contributed by atoms with E-state index in [-0.39, 0.29) is 28.9 Å². The fourth-order valence-electron chi connectivity index (χ4n) is 2.94. The molecule has 2 aromatic rings. The van der Waals surface area contributed by atoms with Gasteiger partial charge < -0.3 is 15.5 Å². The van der Waals surface area contributed by atoms with Gasteiger partial charge >= 0.3 is 6.03 Å². The Hall–Kier alpha value is -3.54. The van der Waals surface area contributed by atoms with Crippen LogP contribution in [-0.2, 0) is 11.3 Å². The first-order valence-corrected chi connectivity index (χ1v) is 8.32. The van der Waals surface area contributed by atoms with Crippen LogP contribution in [0.2, 0.25) is 0 Å². The van der Waals surface area contributed by atoms with Crippen LogP contribution >= 0.6 is 0 Å². The van der Waals surface area contributed by atoms with E-state index in [1.54, 1.807) is 6.92 Å². The van der Waals surface area contributed by atoms with Crippen LogP contribution in [0.3, 0.4) is 0 Å². The standard InChI is InChI=1S/C19H15F3N4O2/c1-10(12-3-2-11(7-23)6-15(12)21)24-17(27)9-26-8-13-16(25-19(26)28)5-4-14(20)18(13)22/h2-6,10H,8-9H2,1H3,(H,24,27)(H,25,28)/t10-/m0/s1. The van der Waals surface area contributed by atoms with Crippen molar-refractivity contribution in [2.75, 3.05) is 11.9 Å². The molecule has 0 bridgehead atoms. The number of nitrogens with one attached hydrogen (secondary N) is 2. The molecule has 28 heavy (non-hydrogen) atoms. The van der Waals surface area contributed by atoms with Crippen molar-refractivity contribution in [3.63, 3.8) is 0 Å². The van der Waals surface area contributed by atoms with Gasteiger partial charge in [0, 0.05) is 11.1 Å². The lowest BCUT2D eigenvalue weighted by Crippen LogP contribution is -2.45. The Morgan fingerprint density at radius 3 is 2.71 bits per heavy atom. The van der Waals surface area contributed by atoms with Gasteiger partial charge in [-0.25, -0.2) is 18.0 Å². The van der Waals surface area contributed by atoms with E-state index in [1.165, 1.54) is 18.2 Å². The maximum Gasteiger partial charge on any atom is 0.322 e.